The molecule has 3 aromatic rings. The third-order valence-corrected chi connectivity index (χ3v) is 6.34. The van der Waals surface area contributed by atoms with E-state index in [-0.39, 0.29) is 0 Å². The standard InChI is InChI=1S/C22H19O4S/c1-25-21(23)17-12-6-8-14-19(17)27(16-10-4-3-5-11-16)20-15-9-7-13-18(20)22(24)26-2/h3-15H,1-2H3/q+1. The smallest absolute Gasteiger partial charge is 0.343 e. The van der Waals surface area contributed by atoms with Gasteiger partial charge >= 0.3 is 11.9 Å². The molecule has 0 fully saturated rings. The number of carbonyl (C=O) groups excluding carboxylic acids is 2. The van der Waals surface area contributed by atoms with Gasteiger partial charge in [0.2, 0.25) is 0 Å². The highest BCUT2D eigenvalue weighted by atomic mass is 32.2. The number of carbonyl (C=O) groups is 2. The average Bonchev–Trinajstić information content (AvgIpc) is 2.74. The van der Waals surface area contributed by atoms with E-state index in [1.807, 2.05) is 54.6 Å². The minimum Gasteiger partial charge on any atom is -0.465 e. The SMILES string of the molecule is COC(=O)c1ccccc1[S+](c1ccccc1)c1ccccc1C(=O)OC. The molecule has 0 amide bonds. The molecule has 0 atom stereocenters. The van der Waals surface area contributed by atoms with Gasteiger partial charge in [0.1, 0.15) is 22.0 Å². The first-order valence-electron chi connectivity index (χ1n) is 8.31. The fraction of sp³-hybridized carbons (Fsp3) is 0.0909. The summed E-state index contributed by atoms with van der Waals surface area (Å²) in [5.41, 5.74) is 0.957. The third-order valence-electron chi connectivity index (χ3n) is 4.00. The quantitative estimate of drug-likeness (QED) is 0.488. The predicted octanol–water partition coefficient (Wildman–Crippen LogP) is 4.36. The second-order valence-corrected chi connectivity index (χ2v) is 7.56. The monoisotopic (exact) mass is 379 g/mol. The zero-order valence-corrected chi connectivity index (χ0v) is 15.9. The van der Waals surface area contributed by atoms with E-state index >= 15 is 0 Å². The lowest BCUT2D eigenvalue weighted by molar-refractivity contribution is 0.0589. The van der Waals surface area contributed by atoms with Crippen LogP contribution in [-0.4, -0.2) is 26.2 Å². The van der Waals surface area contributed by atoms with Crippen molar-refractivity contribution in [2.24, 2.45) is 0 Å². The predicted molar refractivity (Wildman–Crippen MR) is 104 cm³/mol. The summed E-state index contributed by atoms with van der Waals surface area (Å²) in [6.45, 7) is 0. The van der Waals surface area contributed by atoms with Crippen molar-refractivity contribution in [1.82, 2.24) is 0 Å². The van der Waals surface area contributed by atoms with Crippen LogP contribution in [0, 0.1) is 0 Å². The molecule has 0 unspecified atom stereocenters. The Balaban J connectivity index is 2.28. The van der Waals surface area contributed by atoms with E-state index in [9.17, 15) is 9.59 Å². The normalized spacial score (nSPS) is 10.5. The second kappa shape index (κ2) is 8.56. The molecule has 3 rings (SSSR count). The Labute approximate surface area is 161 Å². The lowest BCUT2D eigenvalue weighted by Crippen LogP contribution is -2.15. The van der Waals surface area contributed by atoms with Crippen molar-refractivity contribution in [3.05, 3.63) is 90.0 Å². The van der Waals surface area contributed by atoms with E-state index < -0.39 is 22.8 Å². The van der Waals surface area contributed by atoms with Crippen molar-refractivity contribution in [3.8, 4) is 0 Å². The molecule has 0 bridgehead atoms. The Hall–Kier alpha value is -3.05. The third kappa shape index (κ3) is 3.88. The molecule has 0 heterocycles. The largest absolute Gasteiger partial charge is 0.465 e. The topological polar surface area (TPSA) is 52.6 Å². The van der Waals surface area contributed by atoms with Gasteiger partial charge in [-0.2, -0.15) is 0 Å². The summed E-state index contributed by atoms with van der Waals surface area (Å²) in [6.07, 6.45) is 0. The maximum Gasteiger partial charge on any atom is 0.343 e. The van der Waals surface area contributed by atoms with Gasteiger partial charge in [-0.15, -0.1) is 0 Å². The Morgan fingerprint density at radius 2 is 1.04 bits per heavy atom. The highest BCUT2D eigenvalue weighted by Gasteiger charge is 2.36. The van der Waals surface area contributed by atoms with Gasteiger partial charge < -0.3 is 9.47 Å². The summed E-state index contributed by atoms with van der Waals surface area (Å²) in [6, 6.07) is 24.4. The van der Waals surface area contributed by atoms with Crippen LogP contribution in [0.25, 0.3) is 0 Å². The van der Waals surface area contributed by atoms with Crippen LogP contribution in [-0.2, 0) is 20.4 Å². The van der Waals surface area contributed by atoms with Crippen molar-refractivity contribution in [3.63, 3.8) is 0 Å². The van der Waals surface area contributed by atoms with Crippen LogP contribution in [0.2, 0.25) is 0 Å². The Morgan fingerprint density at radius 1 is 0.630 bits per heavy atom. The number of esters is 2. The van der Waals surface area contributed by atoms with Crippen molar-refractivity contribution in [2.75, 3.05) is 14.2 Å². The fourth-order valence-corrected chi connectivity index (χ4v) is 5.12. The summed E-state index contributed by atoms with van der Waals surface area (Å²) in [5.74, 6) is -0.816. The molecule has 5 heteroatoms. The van der Waals surface area contributed by atoms with E-state index in [0.29, 0.717) is 11.1 Å². The maximum absolute atomic E-state index is 12.4. The zero-order chi connectivity index (χ0) is 19.2. The molecule has 0 saturated carbocycles. The highest BCUT2D eigenvalue weighted by molar-refractivity contribution is 7.97. The summed E-state index contributed by atoms with van der Waals surface area (Å²) in [7, 11) is 2.04. The van der Waals surface area contributed by atoms with Gasteiger partial charge in [-0.25, -0.2) is 9.59 Å². The summed E-state index contributed by atoms with van der Waals surface area (Å²) >= 11 is 0. The van der Waals surface area contributed by atoms with Gasteiger partial charge in [-0.05, 0) is 36.4 Å². The first-order valence-corrected chi connectivity index (χ1v) is 9.54. The maximum atomic E-state index is 12.4. The Kier molecular flexibility index (Phi) is 5.94. The van der Waals surface area contributed by atoms with Crippen LogP contribution in [0.4, 0.5) is 0 Å². The van der Waals surface area contributed by atoms with Crippen LogP contribution >= 0.6 is 0 Å². The molecule has 0 aromatic heterocycles. The lowest BCUT2D eigenvalue weighted by Gasteiger charge is -2.13. The van der Waals surface area contributed by atoms with Gasteiger partial charge in [0.25, 0.3) is 0 Å². The van der Waals surface area contributed by atoms with Crippen molar-refractivity contribution in [2.45, 2.75) is 14.7 Å². The van der Waals surface area contributed by atoms with Crippen molar-refractivity contribution in [1.29, 1.82) is 0 Å². The summed E-state index contributed by atoms with van der Waals surface area (Å²) in [4.78, 5) is 27.3. The molecule has 4 nitrogen and oxygen atoms in total. The zero-order valence-electron chi connectivity index (χ0n) is 15.0. The van der Waals surface area contributed by atoms with E-state index in [2.05, 4.69) is 0 Å². The molecule has 0 aliphatic carbocycles. The van der Waals surface area contributed by atoms with Gasteiger partial charge in [0.05, 0.1) is 14.2 Å². The molecule has 0 aliphatic rings. The van der Waals surface area contributed by atoms with Gasteiger partial charge in [0, 0.05) is 0 Å². The van der Waals surface area contributed by atoms with Crippen molar-refractivity contribution >= 4 is 22.8 Å². The molecule has 0 N–H and O–H groups in total. The molecule has 0 spiro atoms. The molecule has 0 aliphatic heterocycles. The molecule has 0 saturated heterocycles. The molecule has 27 heavy (non-hydrogen) atoms. The average molecular weight is 379 g/mol. The number of benzene rings is 3. The van der Waals surface area contributed by atoms with Gasteiger partial charge in [-0.3, -0.25) is 0 Å². The number of methoxy groups -OCH3 is 2. The Morgan fingerprint density at radius 3 is 1.48 bits per heavy atom. The number of hydrogen-bond acceptors (Lipinski definition) is 4. The van der Waals surface area contributed by atoms with Crippen LogP contribution in [0.5, 0.6) is 0 Å². The first kappa shape index (κ1) is 18.7. The van der Waals surface area contributed by atoms with Crippen LogP contribution in [0.15, 0.2) is 93.5 Å². The Bertz CT molecular complexity index is 894. The van der Waals surface area contributed by atoms with E-state index in [0.717, 1.165) is 14.7 Å². The van der Waals surface area contributed by atoms with E-state index in [1.54, 1.807) is 24.3 Å². The van der Waals surface area contributed by atoms with Crippen LogP contribution < -0.4 is 0 Å². The lowest BCUT2D eigenvalue weighted by atomic mass is 10.2. The minimum absolute atomic E-state index is 0.408. The fourth-order valence-electron chi connectivity index (χ4n) is 2.78. The molecule has 3 aromatic carbocycles. The van der Waals surface area contributed by atoms with Gasteiger partial charge in [-0.1, -0.05) is 42.5 Å². The summed E-state index contributed by atoms with van der Waals surface area (Å²) in [5, 5.41) is 0. The first-order chi connectivity index (χ1) is 13.2. The van der Waals surface area contributed by atoms with E-state index in [4.69, 9.17) is 9.47 Å². The molecular weight excluding hydrogens is 360 g/mol. The molecule has 136 valence electrons. The van der Waals surface area contributed by atoms with Crippen LogP contribution in [0.3, 0.4) is 0 Å². The summed E-state index contributed by atoms with van der Waals surface area (Å²) < 4.78 is 9.94. The van der Waals surface area contributed by atoms with E-state index in [1.165, 1.54) is 14.2 Å². The second-order valence-electron chi connectivity index (χ2n) is 5.59. The molecular formula is C22H19O4S+. The van der Waals surface area contributed by atoms with Gasteiger partial charge in [0.15, 0.2) is 14.7 Å². The van der Waals surface area contributed by atoms with Crippen LogP contribution in [0.1, 0.15) is 20.7 Å². The minimum atomic E-state index is -0.684. The number of ether oxygens (including phenoxy) is 2. The molecule has 0 radical (unpaired) electrons. The number of hydrogen-bond donors (Lipinski definition) is 0. The highest BCUT2D eigenvalue weighted by Crippen LogP contribution is 2.35. The number of rotatable bonds is 5. The van der Waals surface area contributed by atoms with Crippen molar-refractivity contribution < 1.29 is 19.1 Å².